The van der Waals surface area contributed by atoms with Crippen LogP contribution < -0.4 is 0 Å². The summed E-state index contributed by atoms with van der Waals surface area (Å²) in [6.07, 6.45) is 11.9. The van der Waals surface area contributed by atoms with Crippen LogP contribution in [-0.4, -0.2) is 11.7 Å². The molecule has 2 heteroatoms. The quantitative estimate of drug-likeness (QED) is 0.410. The van der Waals surface area contributed by atoms with Crippen molar-refractivity contribution in [1.82, 2.24) is 0 Å². The van der Waals surface area contributed by atoms with Crippen LogP contribution in [0.15, 0.2) is 0 Å². The SMILES string of the molecule is ICCC1CCC12CC[B]CCC2. The van der Waals surface area contributed by atoms with Crippen LogP contribution in [0.4, 0.5) is 0 Å². The molecule has 13 heavy (non-hydrogen) atoms. The minimum Gasteiger partial charge on any atom is -0.0864 e. The summed E-state index contributed by atoms with van der Waals surface area (Å²) in [6.45, 7) is 0. The molecule has 73 valence electrons. The van der Waals surface area contributed by atoms with Crippen molar-refractivity contribution in [3.05, 3.63) is 0 Å². The van der Waals surface area contributed by atoms with Crippen molar-refractivity contribution in [2.24, 2.45) is 11.3 Å². The van der Waals surface area contributed by atoms with E-state index in [1.54, 1.807) is 6.42 Å². The lowest BCUT2D eigenvalue weighted by Gasteiger charge is -2.50. The van der Waals surface area contributed by atoms with Gasteiger partial charge in [-0.3, -0.25) is 0 Å². The lowest BCUT2D eigenvalue weighted by atomic mass is 9.55. The minimum atomic E-state index is 0.818. The zero-order chi connectivity index (χ0) is 9.15. The molecule has 0 bridgehead atoms. The molecule has 1 saturated carbocycles. The topological polar surface area (TPSA) is 0 Å². The van der Waals surface area contributed by atoms with E-state index in [0.29, 0.717) is 0 Å². The third-order valence-corrected chi connectivity index (χ3v) is 4.87. The van der Waals surface area contributed by atoms with Gasteiger partial charge < -0.3 is 0 Å². The van der Waals surface area contributed by atoms with Gasteiger partial charge in [0.25, 0.3) is 0 Å². The fourth-order valence-corrected chi connectivity index (χ4v) is 4.01. The van der Waals surface area contributed by atoms with Gasteiger partial charge in [-0.2, -0.15) is 0 Å². The molecule has 0 aromatic carbocycles. The summed E-state index contributed by atoms with van der Waals surface area (Å²) in [5, 5.41) is 0. The molecule has 1 heterocycles. The predicted molar refractivity (Wildman–Crippen MR) is 67.9 cm³/mol. The van der Waals surface area contributed by atoms with Gasteiger partial charge in [0, 0.05) is 0 Å². The average molecular weight is 289 g/mol. The smallest absolute Gasteiger partial charge is 0.0864 e. The summed E-state index contributed by atoms with van der Waals surface area (Å²) in [5.41, 5.74) is 0.818. The number of alkyl halides is 1. The monoisotopic (exact) mass is 289 g/mol. The number of halogens is 1. The first-order valence-corrected chi connectivity index (χ1v) is 7.28. The molecule has 2 unspecified atom stereocenters. The van der Waals surface area contributed by atoms with Crippen LogP contribution in [0.3, 0.4) is 0 Å². The second-order valence-corrected chi connectivity index (χ2v) is 5.87. The molecule has 2 fully saturated rings. The molecule has 0 aromatic heterocycles. The molecule has 1 spiro atoms. The van der Waals surface area contributed by atoms with Crippen LogP contribution in [0.5, 0.6) is 0 Å². The first kappa shape index (κ1) is 10.3. The number of hydrogen-bond acceptors (Lipinski definition) is 0. The maximum absolute atomic E-state index is 2.54. The Balaban J connectivity index is 1.93. The third kappa shape index (κ3) is 2.08. The molecule has 0 amide bonds. The minimum absolute atomic E-state index is 0.818. The van der Waals surface area contributed by atoms with Crippen LogP contribution in [0, 0.1) is 11.3 Å². The highest BCUT2D eigenvalue weighted by Crippen LogP contribution is 2.56. The Morgan fingerprint density at radius 3 is 2.85 bits per heavy atom. The van der Waals surface area contributed by atoms with Crippen molar-refractivity contribution in [2.45, 2.75) is 51.2 Å². The molecule has 2 aliphatic rings. The molecular weight excluding hydrogens is 270 g/mol. The van der Waals surface area contributed by atoms with Gasteiger partial charge in [-0.25, -0.2) is 0 Å². The summed E-state index contributed by atoms with van der Waals surface area (Å²) in [4.78, 5) is 0. The zero-order valence-corrected chi connectivity index (χ0v) is 10.6. The van der Waals surface area contributed by atoms with Gasteiger partial charge in [-0.05, 0) is 41.4 Å². The van der Waals surface area contributed by atoms with Crippen LogP contribution in [-0.2, 0) is 0 Å². The number of hydrogen-bond donors (Lipinski definition) is 0. The fraction of sp³-hybridized carbons (Fsp3) is 1.00. The van der Waals surface area contributed by atoms with Gasteiger partial charge in [0.05, 0.1) is 0 Å². The van der Waals surface area contributed by atoms with E-state index in [9.17, 15) is 0 Å². The van der Waals surface area contributed by atoms with E-state index in [1.807, 2.05) is 0 Å². The Morgan fingerprint density at radius 1 is 1.23 bits per heavy atom. The van der Waals surface area contributed by atoms with Crippen LogP contribution in [0.1, 0.15) is 38.5 Å². The second-order valence-electron chi connectivity index (χ2n) is 4.80. The molecule has 1 aliphatic carbocycles. The van der Waals surface area contributed by atoms with Gasteiger partial charge >= 0.3 is 0 Å². The van der Waals surface area contributed by atoms with E-state index < -0.39 is 0 Å². The fourth-order valence-electron chi connectivity index (χ4n) is 3.25. The van der Waals surface area contributed by atoms with Gasteiger partial charge in [0.2, 0.25) is 0 Å². The van der Waals surface area contributed by atoms with E-state index >= 15 is 0 Å². The highest BCUT2D eigenvalue weighted by molar-refractivity contribution is 14.1. The lowest BCUT2D eigenvalue weighted by Crippen LogP contribution is -2.39. The summed E-state index contributed by atoms with van der Waals surface area (Å²) < 4.78 is 1.37. The zero-order valence-electron chi connectivity index (χ0n) is 8.40. The average Bonchev–Trinajstić information content (AvgIpc) is 2.39. The van der Waals surface area contributed by atoms with Crippen LogP contribution in [0.2, 0.25) is 12.6 Å². The maximum atomic E-state index is 2.54. The summed E-state index contributed by atoms with van der Waals surface area (Å²) in [5.74, 6) is 1.09. The van der Waals surface area contributed by atoms with Crippen molar-refractivity contribution >= 4 is 29.9 Å². The third-order valence-electron chi connectivity index (χ3n) is 4.24. The first-order valence-electron chi connectivity index (χ1n) is 5.75. The summed E-state index contributed by atoms with van der Waals surface area (Å²) in [7, 11) is 2.52. The number of rotatable bonds is 2. The van der Waals surface area contributed by atoms with Gasteiger partial charge in [-0.15, -0.1) is 0 Å². The van der Waals surface area contributed by atoms with Crippen molar-refractivity contribution < 1.29 is 0 Å². The van der Waals surface area contributed by atoms with Gasteiger partial charge in [0.15, 0.2) is 0 Å². The maximum Gasteiger partial charge on any atom is 0.109 e. The largest absolute Gasteiger partial charge is 0.109 e. The van der Waals surface area contributed by atoms with Crippen LogP contribution in [0.25, 0.3) is 0 Å². The summed E-state index contributed by atoms with van der Waals surface area (Å²) >= 11 is 2.54. The van der Waals surface area contributed by atoms with E-state index in [2.05, 4.69) is 29.9 Å². The molecule has 0 aromatic rings. The lowest BCUT2D eigenvalue weighted by molar-refractivity contribution is 0.0156. The summed E-state index contributed by atoms with van der Waals surface area (Å²) in [6, 6.07) is 0. The standard InChI is InChI=1S/C11H19BI/c13-9-3-10-2-5-11(10)4-1-7-12-8-6-11/h10H,1-9H2. The molecule has 1 aliphatic heterocycles. The van der Waals surface area contributed by atoms with Crippen molar-refractivity contribution in [3.8, 4) is 0 Å². The highest BCUT2D eigenvalue weighted by atomic mass is 127. The Hall–Kier alpha value is 0.795. The molecule has 0 nitrogen and oxygen atoms in total. The van der Waals surface area contributed by atoms with Gasteiger partial charge in [0.1, 0.15) is 7.28 Å². The van der Waals surface area contributed by atoms with E-state index in [-0.39, 0.29) is 0 Å². The Labute approximate surface area is 96.6 Å². The molecule has 1 radical (unpaired) electrons. The molecule has 1 saturated heterocycles. The molecule has 0 N–H and O–H groups in total. The van der Waals surface area contributed by atoms with Gasteiger partial charge in [-0.1, -0.05) is 48.1 Å². The second kappa shape index (κ2) is 4.54. The molecule has 2 rings (SSSR count). The Kier molecular flexibility index (Phi) is 3.61. The van der Waals surface area contributed by atoms with E-state index in [0.717, 1.165) is 11.3 Å². The van der Waals surface area contributed by atoms with Crippen molar-refractivity contribution in [1.29, 1.82) is 0 Å². The van der Waals surface area contributed by atoms with Crippen molar-refractivity contribution in [3.63, 3.8) is 0 Å². The first-order chi connectivity index (χ1) is 6.37. The predicted octanol–water partition coefficient (Wildman–Crippen LogP) is 3.93. The molecular formula is C11H19BI. The van der Waals surface area contributed by atoms with E-state index in [1.165, 1.54) is 49.2 Å². The van der Waals surface area contributed by atoms with E-state index in [4.69, 9.17) is 0 Å². The molecule has 2 atom stereocenters. The Bertz CT molecular complexity index is 161. The van der Waals surface area contributed by atoms with Crippen molar-refractivity contribution in [2.75, 3.05) is 4.43 Å². The normalized spacial score (nSPS) is 39.3. The Morgan fingerprint density at radius 2 is 2.15 bits per heavy atom. The highest BCUT2D eigenvalue weighted by Gasteiger charge is 2.45. The van der Waals surface area contributed by atoms with Crippen LogP contribution >= 0.6 is 22.6 Å².